The van der Waals surface area contributed by atoms with Gasteiger partial charge in [0.15, 0.2) is 0 Å². The summed E-state index contributed by atoms with van der Waals surface area (Å²) in [6.45, 7) is 2.37. The SMILES string of the molecule is CCCCOc1ccc(C(F)(F)F)c(CN)c1. The molecule has 17 heavy (non-hydrogen) atoms. The van der Waals surface area contributed by atoms with Gasteiger partial charge in [-0.05, 0) is 30.2 Å². The third kappa shape index (κ3) is 3.93. The molecule has 0 amide bonds. The quantitative estimate of drug-likeness (QED) is 0.810. The first-order valence-electron chi connectivity index (χ1n) is 5.52. The molecule has 0 aliphatic heterocycles. The maximum Gasteiger partial charge on any atom is 0.416 e. The third-order valence-corrected chi connectivity index (χ3v) is 2.37. The largest absolute Gasteiger partial charge is 0.494 e. The van der Waals surface area contributed by atoms with E-state index < -0.39 is 11.7 Å². The molecule has 1 rings (SSSR count). The first-order valence-corrected chi connectivity index (χ1v) is 5.52. The summed E-state index contributed by atoms with van der Waals surface area (Å²) in [5.41, 5.74) is 4.69. The van der Waals surface area contributed by atoms with E-state index >= 15 is 0 Å². The van der Waals surface area contributed by atoms with Gasteiger partial charge in [0.05, 0.1) is 12.2 Å². The van der Waals surface area contributed by atoms with E-state index in [1.54, 1.807) is 0 Å². The van der Waals surface area contributed by atoms with Crippen molar-refractivity contribution in [3.63, 3.8) is 0 Å². The van der Waals surface area contributed by atoms with E-state index in [0.29, 0.717) is 12.4 Å². The van der Waals surface area contributed by atoms with E-state index in [4.69, 9.17) is 10.5 Å². The van der Waals surface area contributed by atoms with Crippen LogP contribution in [-0.2, 0) is 12.7 Å². The van der Waals surface area contributed by atoms with Crippen LogP contribution in [0.2, 0.25) is 0 Å². The first kappa shape index (κ1) is 13.8. The Hall–Kier alpha value is -1.23. The predicted octanol–water partition coefficient (Wildman–Crippen LogP) is 3.34. The van der Waals surface area contributed by atoms with Crippen molar-refractivity contribution in [1.29, 1.82) is 0 Å². The van der Waals surface area contributed by atoms with Gasteiger partial charge in [-0.25, -0.2) is 0 Å². The first-order chi connectivity index (χ1) is 7.99. The Labute approximate surface area is 98.6 Å². The Morgan fingerprint density at radius 2 is 2.00 bits per heavy atom. The van der Waals surface area contributed by atoms with E-state index in [9.17, 15) is 13.2 Å². The molecule has 2 N–H and O–H groups in total. The van der Waals surface area contributed by atoms with Crippen molar-refractivity contribution in [1.82, 2.24) is 0 Å². The van der Waals surface area contributed by atoms with Gasteiger partial charge in [-0.15, -0.1) is 0 Å². The number of alkyl halides is 3. The van der Waals surface area contributed by atoms with Crippen LogP contribution in [0.5, 0.6) is 5.75 Å². The van der Waals surface area contributed by atoms with Gasteiger partial charge in [0, 0.05) is 6.54 Å². The summed E-state index contributed by atoms with van der Waals surface area (Å²) >= 11 is 0. The molecule has 0 saturated heterocycles. The average Bonchev–Trinajstić information content (AvgIpc) is 2.28. The molecular formula is C12H16F3NO. The summed E-state index contributed by atoms with van der Waals surface area (Å²) in [6, 6.07) is 3.71. The highest BCUT2D eigenvalue weighted by Gasteiger charge is 2.32. The molecule has 0 saturated carbocycles. The molecule has 0 radical (unpaired) electrons. The molecular weight excluding hydrogens is 231 g/mol. The third-order valence-electron chi connectivity index (χ3n) is 2.37. The van der Waals surface area contributed by atoms with Crippen LogP contribution < -0.4 is 10.5 Å². The van der Waals surface area contributed by atoms with Crippen molar-refractivity contribution in [2.75, 3.05) is 6.61 Å². The molecule has 0 fully saturated rings. The zero-order chi connectivity index (χ0) is 12.9. The van der Waals surface area contributed by atoms with Crippen LogP contribution in [0, 0.1) is 0 Å². The lowest BCUT2D eigenvalue weighted by Gasteiger charge is -2.13. The zero-order valence-corrected chi connectivity index (χ0v) is 9.68. The second-order valence-electron chi connectivity index (χ2n) is 3.72. The Morgan fingerprint density at radius 3 is 2.53 bits per heavy atom. The topological polar surface area (TPSA) is 35.2 Å². The molecule has 0 aliphatic carbocycles. The van der Waals surface area contributed by atoms with E-state index in [0.717, 1.165) is 18.9 Å². The number of unbranched alkanes of at least 4 members (excludes halogenated alkanes) is 1. The minimum atomic E-state index is -4.36. The molecule has 1 aromatic rings. The fourth-order valence-corrected chi connectivity index (χ4v) is 1.44. The van der Waals surface area contributed by atoms with Gasteiger partial charge >= 0.3 is 6.18 Å². The monoisotopic (exact) mass is 247 g/mol. The molecule has 0 aliphatic rings. The Bertz CT molecular complexity index is 363. The Kier molecular flexibility index (Phi) is 4.81. The van der Waals surface area contributed by atoms with Crippen molar-refractivity contribution < 1.29 is 17.9 Å². The number of ether oxygens (including phenoxy) is 1. The van der Waals surface area contributed by atoms with Crippen molar-refractivity contribution >= 4 is 0 Å². The van der Waals surface area contributed by atoms with Gasteiger partial charge < -0.3 is 10.5 Å². The van der Waals surface area contributed by atoms with Crippen LogP contribution in [-0.4, -0.2) is 6.61 Å². The molecule has 1 aromatic carbocycles. The minimum absolute atomic E-state index is 0.0616. The van der Waals surface area contributed by atoms with Gasteiger partial charge in [-0.2, -0.15) is 13.2 Å². The van der Waals surface area contributed by atoms with E-state index in [1.807, 2.05) is 6.92 Å². The van der Waals surface area contributed by atoms with Gasteiger partial charge in [0.2, 0.25) is 0 Å². The molecule has 0 heterocycles. The number of benzene rings is 1. The normalized spacial score (nSPS) is 11.6. The fourth-order valence-electron chi connectivity index (χ4n) is 1.44. The Morgan fingerprint density at radius 1 is 1.29 bits per heavy atom. The van der Waals surface area contributed by atoms with E-state index in [2.05, 4.69) is 0 Å². The number of rotatable bonds is 5. The summed E-state index contributed by atoms with van der Waals surface area (Å²) in [5.74, 6) is 0.437. The van der Waals surface area contributed by atoms with Crippen molar-refractivity contribution in [2.45, 2.75) is 32.5 Å². The Balaban J connectivity index is 2.85. The van der Waals surface area contributed by atoms with Gasteiger partial charge in [0.1, 0.15) is 5.75 Å². The molecule has 5 heteroatoms. The van der Waals surface area contributed by atoms with Crippen molar-refractivity contribution in [3.8, 4) is 5.75 Å². The number of hydrogen-bond donors (Lipinski definition) is 1. The van der Waals surface area contributed by atoms with Crippen LogP contribution in [0.15, 0.2) is 18.2 Å². The fraction of sp³-hybridized carbons (Fsp3) is 0.500. The molecule has 2 nitrogen and oxygen atoms in total. The maximum absolute atomic E-state index is 12.6. The van der Waals surface area contributed by atoms with Gasteiger partial charge in [-0.3, -0.25) is 0 Å². The molecule has 0 aromatic heterocycles. The molecule has 0 atom stereocenters. The minimum Gasteiger partial charge on any atom is -0.494 e. The van der Waals surface area contributed by atoms with Crippen LogP contribution >= 0.6 is 0 Å². The highest BCUT2D eigenvalue weighted by atomic mass is 19.4. The van der Waals surface area contributed by atoms with Crippen LogP contribution in [0.3, 0.4) is 0 Å². The van der Waals surface area contributed by atoms with Crippen LogP contribution in [0.1, 0.15) is 30.9 Å². The van der Waals surface area contributed by atoms with E-state index in [1.165, 1.54) is 12.1 Å². The highest BCUT2D eigenvalue weighted by Crippen LogP contribution is 2.33. The highest BCUT2D eigenvalue weighted by molar-refractivity contribution is 5.37. The smallest absolute Gasteiger partial charge is 0.416 e. The number of halogens is 3. The van der Waals surface area contributed by atoms with Gasteiger partial charge in [-0.1, -0.05) is 13.3 Å². The number of nitrogens with two attached hydrogens (primary N) is 1. The lowest BCUT2D eigenvalue weighted by Crippen LogP contribution is -2.12. The summed E-state index contributed by atoms with van der Waals surface area (Å²) < 4.78 is 43.1. The van der Waals surface area contributed by atoms with Gasteiger partial charge in [0.25, 0.3) is 0 Å². The molecule has 0 spiro atoms. The van der Waals surface area contributed by atoms with Crippen LogP contribution in [0.25, 0.3) is 0 Å². The second-order valence-corrected chi connectivity index (χ2v) is 3.72. The molecule has 96 valence electrons. The summed E-state index contributed by atoms with van der Waals surface area (Å²) in [7, 11) is 0. The number of hydrogen-bond acceptors (Lipinski definition) is 2. The average molecular weight is 247 g/mol. The standard InChI is InChI=1S/C12H16F3NO/c1-2-3-6-17-10-4-5-11(12(13,14)15)9(7-10)8-16/h4-5,7H,2-3,6,8,16H2,1H3. The summed E-state index contributed by atoms with van der Waals surface area (Å²) in [5, 5.41) is 0. The predicted molar refractivity (Wildman–Crippen MR) is 59.7 cm³/mol. The summed E-state index contributed by atoms with van der Waals surface area (Å²) in [4.78, 5) is 0. The van der Waals surface area contributed by atoms with Crippen molar-refractivity contribution in [3.05, 3.63) is 29.3 Å². The summed E-state index contributed by atoms with van der Waals surface area (Å²) in [6.07, 6.45) is -2.51. The van der Waals surface area contributed by atoms with Crippen LogP contribution in [0.4, 0.5) is 13.2 Å². The molecule has 0 unspecified atom stereocenters. The van der Waals surface area contributed by atoms with Crippen molar-refractivity contribution in [2.24, 2.45) is 5.73 Å². The lowest BCUT2D eigenvalue weighted by atomic mass is 10.1. The molecule has 0 bridgehead atoms. The maximum atomic E-state index is 12.6. The zero-order valence-electron chi connectivity index (χ0n) is 9.68. The second kappa shape index (κ2) is 5.91. The van der Waals surface area contributed by atoms with E-state index in [-0.39, 0.29) is 12.1 Å². The lowest BCUT2D eigenvalue weighted by molar-refractivity contribution is -0.138.